The van der Waals surface area contributed by atoms with E-state index in [0.717, 1.165) is 37.1 Å². The summed E-state index contributed by atoms with van der Waals surface area (Å²) in [5.74, 6) is 1.87. The lowest BCUT2D eigenvalue weighted by atomic mass is 9.94. The molecule has 0 bridgehead atoms. The van der Waals surface area contributed by atoms with Crippen molar-refractivity contribution in [2.75, 3.05) is 24.5 Å². The van der Waals surface area contributed by atoms with E-state index >= 15 is 0 Å². The van der Waals surface area contributed by atoms with Gasteiger partial charge in [-0.1, -0.05) is 30.3 Å². The van der Waals surface area contributed by atoms with Crippen LogP contribution in [0, 0.1) is 12.8 Å². The van der Waals surface area contributed by atoms with Crippen molar-refractivity contribution < 1.29 is 0 Å². The summed E-state index contributed by atoms with van der Waals surface area (Å²) in [7, 11) is 0. The zero-order valence-electron chi connectivity index (χ0n) is 13.0. The Morgan fingerprint density at radius 2 is 2.00 bits per heavy atom. The van der Waals surface area contributed by atoms with Crippen molar-refractivity contribution in [2.24, 2.45) is 5.92 Å². The van der Waals surface area contributed by atoms with Crippen LogP contribution in [0.4, 0.5) is 5.82 Å². The van der Waals surface area contributed by atoms with Gasteiger partial charge < -0.3 is 10.2 Å². The van der Waals surface area contributed by atoms with Crippen molar-refractivity contribution >= 4 is 5.82 Å². The molecule has 114 valence electrons. The van der Waals surface area contributed by atoms with Gasteiger partial charge in [-0.05, 0) is 32.2 Å². The van der Waals surface area contributed by atoms with Gasteiger partial charge in [0.25, 0.3) is 0 Å². The highest BCUT2D eigenvalue weighted by Crippen LogP contribution is 2.32. The molecular formula is C18H22N4. The predicted molar refractivity (Wildman–Crippen MR) is 88.9 cm³/mol. The molecule has 4 rings (SSSR count). The van der Waals surface area contributed by atoms with Crippen molar-refractivity contribution in [1.29, 1.82) is 0 Å². The monoisotopic (exact) mass is 294 g/mol. The van der Waals surface area contributed by atoms with Crippen molar-refractivity contribution in [3.8, 4) is 11.3 Å². The zero-order chi connectivity index (χ0) is 14.9. The van der Waals surface area contributed by atoms with E-state index in [2.05, 4.69) is 51.4 Å². The molecule has 2 fully saturated rings. The third kappa shape index (κ3) is 2.37. The first-order chi connectivity index (χ1) is 10.8. The molecule has 2 atom stereocenters. The maximum Gasteiger partial charge on any atom is 0.135 e. The topological polar surface area (TPSA) is 41.1 Å². The molecule has 2 aliphatic heterocycles. The largest absolute Gasteiger partial charge is 0.354 e. The summed E-state index contributed by atoms with van der Waals surface area (Å²) in [5.41, 5.74) is 3.40. The molecule has 2 aliphatic rings. The summed E-state index contributed by atoms with van der Waals surface area (Å²) in [4.78, 5) is 11.6. The molecule has 0 aliphatic carbocycles. The zero-order valence-corrected chi connectivity index (χ0v) is 13.0. The van der Waals surface area contributed by atoms with Crippen molar-refractivity contribution in [3.63, 3.8) is 0 Å². The minimum absolute atomic E-state index is 0.628. The van der Waals surface area contributed by atoms with Gasteiger partial charge in [0.1, 0.15) is 12.1 Å². The number of hydrogen-bond acceptors (Lipinski definition) is 4. The summed E-state index contributed by atoms with van der Waals surface area (Å²) in [6.45, 7) is 5.49. The lowest BCUT2D eigenvalue weighted by Gasteiger charge is -2.24. The number of benzene rings is 1. The number of rotatable bonds is 2. The Hall–Kier alpha value is -1.94. The highest BCUT2D eigenvalue weighted by molar-refractivity contribution is 5.68. The minimum atomic E-state index is 0.628. The maximum absolute atomic E-state index is 4.59. The maximum atomic E-state index is 4.59. The van der Waals surface area contributed by atoms with Gasteiger partial charge in [-0.15, -0.1) is 0 Å². The average molecular weight is 294 g/mol. The lowest BCUT2D eigenvalue weighted by molar-refractivity contribution is 0.340. The molecule has 1 N–H and O–H groups in total. The molecule has 4 nitrogen and oxygen atoms in total. The SMILES string of the molecule is Cc1c(-c2ccccc2)ncnc1N1CC2CCCNC2C1. The number of nitrogens with one attached hydrogen (secondary N) is 1. The normalized spacial score (nSPS) is 24.3. The number of fused-ring (bicyclic) bond motifs is 1. The van der Waals surface area contributed by atoms with E-state index in [-0.39, 0.29) is 0 Å². The lowest BCUT2D eigenvalue weighted by Crippen LogP contribution is -2.40. The molecule has 1 aromatic heterocycles. The number of aromatic nitrogens is 2. The van der Waals surface area contributed by atoms with E-state index in [1.54, 1.807) is 6.33 Å². The smallest absolute Gasteiger partial charge is 0.135 e. The van der Waals surface area contributed by atoms with Crippen LogP contribution >= 0.6 is 0 Å². The molecule has 4 heteroatoms. The molecule has 0 spiro atoms. The highest BCUT2D eigenvalue weighted by atomic mass is 15.2. The van der Waals surface area contributed by atoms with E-state index in [0.29, 0.717) is 6.04 Å². The van der Waals surface area contributed by atoms with Gasteiger partial charge in [-0.3, -0.25) is 0 Å². The Labute approximate surface area is 131 Å². The fourth-order valence-corrected chi connectivity index (χ4v) is 3.87. The van der Waals surface area contributed by atoms with Gasteiger partial charge in [-0.2, -0.15) is 0 Å². The third-order valence-corrected chi connectivity index (χ3v) is 5.00. The number of piperidine rings is 1. The van der Waals surface area contributed by atoms with Gasteiger partial charge in [0.05, 0.1) is 5.69 Å². The second kappa shape index (κ2) is 5.69. The van der Waals surface area contributed by atoms with Gasteiger partial charge in [-0.25, -0.2) is 9.97 Å². The van der Waals surface area contributed by atoms with Crippen LogP contribution in [-0.4, -0.2) is 35.6 Å². The van der Waals surface area contributed by atoms with Gasteiger partial charge in [0.15, 0.2) is 0 Å². The molecule has 2 saturated heterocycles. The Kier molecular flexibility index (Phi) is 3.54. The van der Waals surface area contributed by atoms with E-state index < -0.39 is 0 Å². The summed E-state index contributed by atoms with van der Waals surface area (Å²) in [5, 5.41) is 3.66. The van der Waals surface area contributed by atoms with E-state index in [1.165, 1.54) is 24.0 Å². The van der Waals surface area contributed by atoms with E-state index in [1.807, 2.05) is 6.07 Å². The molecular weight excluding hydrogens is 272 g/mol. The van der Waals surface area contributed by atoms with Crippen LogP contribution in [0.2, 0.25) is 0 Å². The Morgan fingerprint density at radius 1 is 1.14 bits per heavy atom. The summed E-state index contributed by atoms with van der Waals surface area (Å²) in [6, 6.07) is 11.0. The number of anilines is 1. The Morgan fingerprint density at radius 3 is 2.82 bits per heavy atom. The number of nitrogens with zero attached hydrogens (tertiary/aromatic N) is 3. The highest BCUT2D eigenvalue weighted by Gasteiger charge is 2.35. The van der Waals surface area contributed by atoms with Gasteiger partial charge in [0.2, 0.25) is 0 Å². The fourth-order valence-electron chi connectivity index (χ4n) is 3.87. The van der Waals surface area contributed by atoms with Crippen molar-refractivity contribution in [1.82, 2.24) is 15.3 Å². The van der Waals surface area contributed by atoms with Crippen molar-refractivity contribution in [2.45, 2.75) is 25.8 Å². The van der Waals surface area contributed by atoms with Crippen LogP contribution in [0.1, 0.15) is 18.4 Å². The van der Waals surface area contributed by atoms with Crippen LogP contribution in [0.3, 0.4) is 0 Å². The Balaban J connectivity index is 1.66. The summed E-state index contributed by atoms with van der Waals surface area (Å²) >= 11 is 0. The standard InChI is InChI=1S/C18H22N4/c1-13-17(14-6-3-2-4-7-14)20-12-21-18(13)22-10-15-8-5-9-19-16(15)11-22/h2-4,6-7,12,15-16,19H,5,8-11H2,1H3. The van der Waals surface area contributed by atoms with Crippen LogP contribution < -0.4 is 10.2 Å². The molecule has 0 radical (unpaired) electrons. The van der Waals surface area contributed by atoms with E-state index in [9.17, 15) is 0 Å². The molecule has 0 amide bonds. The van der Waals surface area contributed by atoms with Crippen molar-refractivity contribution in [3.05, 3.63) is 42.2 Å². The summed E-state index contributed by atoms with van der Waals surface area (Å²) < 4.78 is 0. The van der Waals surface area contributed by atoms with Gasteiger partial charge in [0, 0.05) is 30.3 Å². The second-order valence-electron chi connectivity index (χ2n) is 6.40. The predicted octanol–water partition coefficient (Wildman–Crippen LogP) is 2.64. The first-order valence-electron chi connectivity index (χ1n) is 8.18. The molecule has 3 heterocycles. The quantitative estimate of drug-likeness (QED) is 0.924. The second-order valence-corrected chi connectivity index (χ2v) is 6.40. The van der Waals surface area contributed by atoms with E-state index in [4.69, 9.17) is 0 Å². The minimum Gasteiger partial charge on any atom is -0.354 e. The molecule has 2 aromatic rings. The third-order valence-electron chi connectivity index (χ3n) is 5.00. The molecule has 2 unspecified atom stereocenters. The van der Waals surface area contributed by atoms with Gasteiger partial charge >= 0.3 is 0 Å². The molecule has 1 aromatic carbocycles. The van der Waals surface area contributed by atoms with Crippen LogP contribution in [-0.2, 0) is 0 Å². The number of hydrogen-bond donors (Lipinski definition) is 1. The average Bonchev–Trinajstić information content (AvgIpc) is 2.99. The van der Waals surface area contributed by atoms with Crippen LogP contribution in [0.5, 0.6) is 0 Å². The molecule has 22 heavy (non-hydrogen) atoms. The first-order valence-corrected chi connectivity index (χ1v) is 8.18. The summed E-state index contributed by atoms with van der Waals surface area (Å²) in [6.07, 6.45) is 4.34. The molecule has 0 saturated carbocycles. The Bertz CT molecular complexity index is 641. The first kappa shape index (κ1) is 13.7. The van der Waals surface area contributed by atoms with Crippen LogP contribution in [0.15, 0.2) is 36.7 Å². The fraction of sp³-hybridized carbons (Fsp3) is 0.444. The van der Waals surface area contributed by atoms with Crippen LogP contribution in [0.25, 0.3) is 11.3 Å².